The molecule has 11 heteroatoms. The summed E-state index contributed by atoms with van der Waals surface area (Å²) in [5, 5.41) is 9.31. The highest BCUT2D eigenvalue weighted by atomic mass is 19.4. The summed E-state index contributed by atoms with van der Waals surface area (Å²) < 4.78 is 75.4. The Balaban J connectivity index is 1.73. The fraction of sp³-hybridized carbons (Fsp3) is 0.107. The van der Waals surface area contributed by atoms with E-state index in [9.17, 15) is 36.8 Å². The Hall–Kier alpha value is -4.98. The molecule has 0 radical (unpaired) electrons. The van der Waals surface area contributed by atoms with Crippen LogP contribution in [0.15, 0.2) is 77.6 Å². The third-order valence-electron chi connectivity index (χ3n) is 5.83. The van der Waals surface area contributed by atoms with Crippen LogP contribution in [0.5, 0.6) is 5.75 Å². The second kappa shape index (κ2) is 10.8. The van der Waals surface area contributed by atoms with E-state index >= 15 is 0 Å². The Labute approximate surface area is 218 Å². The fourth-order valence-electron chi connectivity index (χ4n) is 3.90. The molecule has 39 heavy (non-hydrogen) atoms. The molecular formula is C28H18F5N3O3. The van der Waals surface area contributed by atoms with E-state index in [0.29, 0.717) is 29.0 Å². The van der Waals surface area contributed by atoms with Gasteiger partial charge in [-0.25, -0.2) is 8.78 Å². The minimum atomic E-state index is -5.01. The number of nitrogens with zero attached hydrogens (tertiary/aromatic N) is 2. The van der Waals surface area contributed by atoms with Crippen molar-refractivity contribution in [2.45, 2.75) is 19.3 Å². The zero-order valence-corrected chi connectivity index (χ0v) is 19.9. The van der Waals surface area contributed by atoms with Crippen LogP contribution in [0.25, 0.3) is 11.3 Å². The van der Waals surface area contributed by atoms with E-state index in [4.69, 9.17) is 10.5 Å². The van der Waals surface area contributed by atoms with Crippen LogP contribution in [-0.4, -0.2) is 10.5 Å². The number of benzene rings is 3. The van der Waals surface area contributed by atoms with Crippen LogP contribution < -0.4 is 16.0 Å². The summed E-state index contributed by atoms with van der Waals surface area (Å²) in [6.07, 6.45) is -5.01. The molecule has 0 atom stereocenters. The van der Waals surface area contributed by atoms with Crippen LogP contribution >= 0.6 is 0 Å². The maximum Gasteiger partial charge on any atom is 0.417 e. The molecule has 0 spiro atoms. The molecular weight excluding hydrogens is 521 g/mol. The van der Waals surface area contributed by atoms with Crippen molar-refractivity contribution in [3.8, 4) is 23.1 Å². The summed E-state index contributed by atoms with van der Waals surface area (Å²) >= 11 is 0. The monoisotopic (exact) mass is 539 g/mol. The molecule has 0 saturated carbocycles. The van der Waals surface area contributed by atoms with Gasteiger partial charge in [0, 0.05) is 17.2 Å². The molecule has 0 fully saturated rings. The minimum absolute atomic E-state index is 0.0596. The number of rotatable bonds is 7. The Morgan fingerprint density at radius 2 is 1.72 bits per heavy atom. The Morgan fingerprint density at radius 3 is 2.33 bits per heavy atom. The van der Waals surface area contributed by atoms with Gasteiger partial charge in [0.25, 0.3) is 5.56 Å². The molecule has 1 aromatic heterocycles. The number of carbonyl (C=O) groups excluding carboxylic acids is 1. The lowest BCUT2D eigenvalue weighted by atomic mass is 10.0. The molecule has 3 aromatic carbocycles. The van der Waals surface area contributed by atoms with Gasteiger partial charge in [0.15, 0.2) is 0 Å². The minimum Gasteiger partial charge on any atom is -0.489 e. The van der Waals surface area contributed by atoms with E-state index in [2.05, 4.69) is 0 Å². The zero-order valence-electron chi connectivity index (χ0n) is 19.9. The molecule has 2 N–H and O–H groups in total. The number of ether oxygens (including phenoxy) is 1. The zero-order chi connectivity index (χ0) is 28.3. The number of hydrogen-bond acceptors (Lipinski definition) is 4. The summed E-state index contributed by atoms with van der Waals surface area (Å²) in [4.78, 5) is 24.4. The van der Waals surface area contributed by atoms with Crippen molar-refractivity contribution >= 4 is 5.91 Å². The molecule has 1 heterocycles. The number of alkyl halides is 3. The van der Waals surface area contributed by atoms with Crippen LogP contribution in [0.3, 0.4) is 0 Å². The average Bonchev–Trinajstić information content (AvgIpc) is 2.89. The van der Waals surface area contributed by atoms with Gasteiger partial charge in [0.1, 0.15) is 35.6 Å². The lowest BCUT2D eigenvalue weighted by Crippen LogP contribution is -2.29. The number of pyridine rings is 1. The van der Waals surface area contributed by atoms with Gasteiger partial charge in [-0.05, 0) is 59.7 Å². The highest BCUT2D eigenvalue weighted by molar-refractivity contribution is 5.92. The second-order valence-corrected chi connectivity index (χ2v) is 8.43. The molecule has 1 amide bonds. The molecule has 4 rings (SSSR count). The predicted molar refractivity (Wildman–Crippen MR) is 131 cm³/mol. The summed E-state index contributed by atoms with van der Waals surface area (Å²) in [6.45, 7) is -0.494. The lowest BCUT2D eigenvalue weighted by molar-refractivity contribution is -0.137. The number of nitriles is 1. The smallest absolute Gasteiger partial charge is 0.417 e. The predicted octanol–water partition coefficient (Wildman–Crippen LogP) is 5.41. The molecule has 4 aromatic rings. The van der Waals surface area contributed by atoms with Crippen LogP contribution in [0.4, 0.5) is 22.0 Å². The lowest BCUT2D eigenvalue weighted by Gasteiger charge is -2.18. The first-order valence-electron chi connectivity index (χ1n) is 11.3. The number of primary amides is 1. The van der Waals surface area contributed by atoms with E-state index in [1.165, 1.54) is 30.3 Å². The van der Waals surface area contributed by atoms with Gasteiger partial charge in [-0.3, -0.25) is 9.59 Å². The number of aromatic nitrogens is 1. The molecule has 0 aliphatic heterocycles. The number of hydrogen-bond donors (Lipinski definition) is 1. The summed E-state index contributed by atoms with van der Waals surface area (Å²) in [7, 11) is 0. The number of nitrogens with two attached hydrogens (primary N) is 1. The highest BCUT2D eigenvalue weighted by Gasteiger charge is 2.36. The topological polar surface area (TPSA) is 98.1 Å². The largest absolute Gasteiger partial charge is 0.489 e. The van der Waals surface area contributed by atoms with E-state index in [1.54, 1.807) is 24.3 Å². The van der Waals surface area contributed by atoms with Crippen LogP contribution in [0.2, 0.25) is 0 Å². The Bertz CT molecular complexity index is 1660. The third-order valence-corrected chi connectivity index (χ3v) is 5.83. The van der Waals surface area contributed by atoms with Crippen molar-refractivity contribution in [3.05, 3.63) is 123 Å². The van der Waals surface area contributed by atoms with Crippen LogP contribution in [-0.2, 0) is 19.3 Å². The number of halogens is 5. The first-order chi connectivity index (χ1) is 18.5. The third kappa shape index (κ3) is 5.96. The van der Waals surface area contributed by atoms with Crippen molar-refractivity contribution in [1.82, 2.24) is 4.57 Å². The van der Waals surface area contributed by atoms with Crippen molar-refractivity contribution in [2.24, 2.45) is 5.73 Å². The summed E-state index contributed by atoms with van der Waals surface area (Å²) in [6, 6.07) is 16.7. The first kappa shape index (κ1) is 27.1. The van der Waals surface area contributed by atoms with Crippen molar-refractivity contribution in [3.63, 3.8) is 0 Å². The van der Waals surface area contributed by atoms with Gasteiger partial charge in [-0.15, -0.1) is 0 Å². The van der Waals surface area contributed by atoms with E-state index in [1.807, 2.05) is 0 Å². The highest BCUT2D eigenvalue weighted by Crippen LogP contribution is 2.34. The number of carbonyl (C=O) groups is 1. The molecule has 0 unspecified atom stereocenters. The Kier molecular flexibility index (Phi) is 7.49. The SMILES string of the molecule is N#Cc1c(C(F)(F)F)cc(-c2ccc(OCc3cccc(C(N)=O)c3)cc2)n(Cc2ccc(F)cc2F)c1=O. The van der Waals surface area contributed by atoms with Crippen LogP contribution in [0, 0.1) is 23.0 Å². The van der Waals surface area contributed by atoms with Gasteiger partial charge >= 0.3 is 6.18 Å². The number of amides is 1. The standard InChI is InChI=1S/C28H18F5N3O3/c29-20-7-4-19(24(30)11-20)14-36-25(12-23(28(31,32)33)22(13-34)27(36)38)17-5-8-21(9-6-17)39-15-16-2-1-3-18(10-16)26(35)37/h1-12H,14-15H2,(H2,35,37). The van der Waals surface area contributed by atoms with Gasteiger partial charge in [0.2, 0.25) is 5.91 Å². The molecule has 6 nitrogen and oxygen atoms in total. The maximum absolute atomic E-state index is 14.4. The van der Waals surface area contributed by atoms with E-state index in [-0.39, 0.29) is 23.4 Å². The van der Waals surface area contributed by atoms with E-state index in [0.717, 1.165) is 16.7 Å². The molecule has 0 aliphatic carbocycles. The molecule has 198 valence electrons. The van der Waals surface area contributed by atoms with Crippen molar-refractivity contribution < 1.29 is 31.5 Å². The molecule has 0 bridgehead atoms. The summed E-state index contributed by atoms with van der Waals surface area (Å²) in [5.74, 6) is -2.15. The van der Waals surface area contributed by atoms with Gasteiger partial charge < -0.3 is 15.0 Å². The van der Waals surface area contributed by atoms with Crippen molar-refractivity contribution in [2.75, 3.05) is 0 Å². The quantitative estimate of drug-likeness (QED) is 0.318. The van der Waals surface area contributed by atoms with Crippen LogP contribution in [0.1, 0.15) is 32.6 Å². The molecule has 0 saturated heterocycles. The molecule has 0 aliphatic rings. The normalized spacial score (nSPS) is 11.2. The maximum atomic E-state index is 14.4. The second-order valence-electron chi connectivity index (χ2n) is 8.43. The van der Waals surface area contributed by atoms with Gasteiger partial charge in [-0.2, -0.15) is 18.4 Å². The van der Waals surface area contributed by atoms with Gasteiger partial charge in [0.05, 0.1) is 17.8 Å². The summed E-state index contributed by atoms with van der Waals surface area (Å²) in [5.41, 5.74) is 2.10. The first-order valence-corrected chi connectivity index (χ1v) is 11.3. The van der Waals surface area contributed by atoms with E-state index < -0.39 is 46.9 Å². The Morgan fingerprint density at radius 1 is 1.00 bits per heavy atom. The van der Waals surface area contributed by atoms with Gasteiger partial charge in [-0.1, -0.05) is 18.2 Å². The van der Waals surface area contributed by atoms with Crippen molar-refractivity contribution in [1.29, 1.82) is 5.26 Å². The average molecular weight is 539 g/mol. The fourth-order valence-corrected chi connectivity index (χ4v) is 3.90.